The molecule has 0 bridgehead atoms. The molecule has 17 heavy (non-hydrogen) atoms. The molecule has 1 saturated carbocycles. The summed E-state index contributed by atoms with van der Waals surface area (Å²) in [7, 11) is 1.51. The molecule has 1 heterocycles. The summed E-state index contributed by atoms with van der Waals surface area (Å²) < 4.78 is 4.99. The smallest absolute Gasteiger partial charge is 0.322 e. The standard InChI is InChI=1S/C10H18N6O/c1-6-3-4-7(5-6)12-8-13-9(16-11)15-10(14-8)17-2/h6-7H,3-5,11H2,1-2H3,(H2,12,13,14,15,16). The molecule has 0 radical (unpaired) electrons. The van der Waals surface area contributed by atoms with Crippen LogP contribution >= 0.6 is 0 Å². The summed E-state index contributed by atoms with van der Waals surface area (Å²) >= 11 is 0. The number of nitrogens with zero attached hydrogens (tertiary/aromatic N) is 3. The lowest BCUT2D eigenvalue weighted by Gasteiger charge is -2.13. The molecule has 0 amide bonds. The molecule has 0 aromatic carbocycles. The third-order valence-corrected chi connectivity index (χ3v) is 2.95. The zero-order chi connectivity index (χ0) is 12.3. The molecule has 7 nitrogen and oxygen atoms in total. The predicted octanol–water partition coefficient (Wildman–Crippen LogP) is 0.766. The molecule has 2 atom stereocenters. The van der Waals surface area contributed by atoms with Gasteiger partial charge in [0.15, 0.2) is 0 Å². The Bertz CT molecular complexity index is 363. The minimum absolute atomic E-state index is 0.251. The highest BCUT2D eigenvalue weighted by molar-refractivity contribution is 5.35. The highest BCUT2D eigenvalue weighted by Crippen LogP contribution is 2.26. The van der Waals surface area contributed by atoms with Gasteiger partial charge in [-0.25, -0.2) is 5.84 Å². The molecule has 7 heteroatoms. The molecule has 4 N–H and O–H groups in total. The van der Waals surface area contributed by atoms with Crippen molar-refractivity contribution in [2.75, 3.05) is 17.9 Å². The second kappa shape index (κ2) is 5.13. The zero-order valence-electron chi connectivity index (χ0n) is 10.1. The Labute approximate surface area is 100 Å². The first-order valence-corrected chi connectivity index (χ1v) is 5.74. The number of hydrogen-bond donors (Lipinski definition) is 3. The minimum atomic E-state index is 0.251. The summed E-state index contributed by atoms with van der Waals surface area (Å²) in [5, 5.41) is 3.28. The summed E-state index contributed by atoms with van der Waals surface area (Å²) in [5.41, 5.74) is 2.39. The van der Waals surface area contributed by atoms with Crippen LogP contribution in [0.5, 0.6) is 6.01 Å². The Kier molecular flexibility index (Phi) is 3.58. The summed E-state index contributed by atoms with van der Waals surface area (Å²) in [6.45, 7) is 2.25. The van der Waals surface area contributed by atoms with Gasteiger partial charge in [-0.1, -0.05) is 6.92 Å². The fraction of sp³-hybridized carbons (Fsp3) is 0.700. The lowest BCUT2D eigenvalue weighted by molar-refractivity contribution is 0.379. The van der Waals surface area contributed by atoms with E-state index in [1.807, 2.05) is 0 Å². The van der Waals surface area contributed by atoms with Crippen molar-refractivity contribution in [1.82, 2.24) is 15.0 Å². The first-order valence-electron chi connectivity index (χ1n) is 5.74. The van der Waals surface area contributed by atoms with Crippen LogP contribution in [0.3, 0.4) is 0 Å². The van der Waals surface area contributed by atoms with E-state index in [2.05, 4.69) is 32.6 Å². The maximum Gasteiger partial charge on any atom is 0.322 e. The second-order valence-corrected chi connectivity index (χ2v) is 4.37. The van der Waals surface area contributed by atoms with Gasteiger partial charge in [0.1, 0.15) is 0 Å². The predicted molar refractivity (Wildman–Crippen MR) is 64.6 cm³/mol. The van der Waals surface area contributed by atoms with E-state index in [1.54, 1.807) is 0 Å². The van der Waals surface area contributed by atoms with Crippen molar-refractivity contribution in [3.8, 4) is 6.01 Å². The molecule has 1 aliphatic rings. The average Bonchev–Trinajstić information content (AvgIpc) is 2.74. The monoisotopic (exact) mass is 238 g/mol. The van der Waals surface area contributed by atoms with Crippen LogP contribution in [-0.4, -0.2) is 28.1 Å². The van der Waals surface area contributed by atoms with Crippen molar-refractivity contribution in [1.29, 1.82) is 0 Å². The molecule has 0 saturated heterocycles. The fourth-order valence-electron chi connectivity index (χ4n) is 2.10. The van der Waals surface area contributed by atoms with Gasteiger partial charge >= 0.3 is 6.01 Å². The Morgan fingerprint density at radius 1 is 1.24 bits per heavy atom. The fourth-order valence-corrected chi connectivity index (χ4v) is 2.10. The summed E-state index contributed by atoms with van der Waals surface area (Å²) in [6.07, 6.45) is 3.52. The van der Waals surface area contributed by atoms with Crippen LogP contribution < -0.4 is 21.3 Å². The second-order valence-electron chi connectivity index (χ2n) is 4.37. The number of nitrogens with one attached hydrogen (secondary N) is 2. The van der Waals surface area contributed by atoms with Gasteiger partial charge in [-0.2, -0.15) is 15.0 Å². The van der Waals surface area contributed by atoms with Crippen LogP contribution in [0.4, 0.5) is 11.9 Å². The van der Waals surface area contributed by atoms with Gasteiger partial charge in [0, 0.05) is 6.04 Å². The maximum atomic E-state index is 5.29. The van der Waals surface area contributed by atoms with E-state index in [1.165, 1.54) is 13.5 Å². The number of anilines is 2. The van der Waals surface area contributed by atoms with E-state index in [0.29, 0.717) is 17.9 Å². The third-order valence-electron chi connectivity index (χ3n) is 2.95. The minimum Gasteiger partial charge on any atom is -0.467 e. The van der Waals surface area contributed by atoms with Gasteiger partial charge in [-0.3, -0.25) is 5.43 Å². The van der Waals surface area contributed by atoms with Crippen molar-refractivity contribution < 1.29 is 4.74 Å². The highest BCUT2D eigenvalue weighted by atomic mass is 16.5. The highest BCUT2D eigenvalue weighted by Gasteiger charge is 2.22. The van der Waals surface area contributed by atoms with E-state index in [0.717, 1.165) is 18.8 Å². The summed E-state index contributed by atoms with van der Waals surface area (Å²) in [5.74, 6) is 6.84. The van der Waals surface area contributed by atoms with Crippen molar-refractivity contribution in [2.24, 2.45) is 11.8 Å². The molecule has 94 valence electrons. The molecule has 0 spiro atoms. The van der Waals surface area contributed by atoms with Crippen molar-refractivity contribution >= 4 is 11.9 Å². The molecule has 1 fully saturated rings. The largest absolute Gasteiger partial charge is 0.467 e. The first kappa shape index (κ1) is 11.8. The van der Waals surface area contributed by atoms with Crippen LogP contribution in [0, 0.1) is 5.92 Å². The Hall–Kier alpha value is -1.63. The first-order chi connectivity index (χ1) is 8.21. The molecule has 2 rings (SSSR count). The molecular formula is C10H18N6O. The maximum absolute atomic E-state index is 5.29. The molecule has 1 aromatic heterocycles. The zero-order valence-corrected chi connectivity index (χ0v) is 10.1. The SMILES string of the molecule is COc1nc(NN)nc(NC2CCC(C)C2)n1. The van der Waals surface area contributed by atoms with Gasteiger partial charge < -0.3 is 10.1 Å². The Morgan fingerprint density at radius 3 is 2.59 bits per heavy atom. The van der Waals surface area contributed by atoms with Gasteiger partial charge in [-0.15, -0.1) is 0 Å². The molecule has 0 aliphatic heterocycles. The van der Waals surface area contributed by atoms with Crippen LogP contribution in [0.15, 0.2) is 0 Å². The molecule has 2 unspecified atom stereocenters. The van der Waals surface area contributed by atoms with Gasteiger partial charge in [0.25, 0.3) is 0 Å². The van der Waals surface area contributed by atoms with Crippen molar-refractivity contribution in [3.05, 3.63) is 0 Å². The number of methoxy groups -OCH3 is 1. The number of hydrazine groups is 1. The number of rotatable bonds is 4. The Balaban J connectivity index is 2.09. The number of nitrogens with two attached hydrogens (primary N) is 1. The summed E-state index contributed by atoms with van der Waals surface area (Å²) in [6, 6.07) is 0.671. The van der Waals surface area contributed by atoms with E-state index in [-0.39, 0.29) is 6.01 Å². The van der Waals surface area contributed by atoms with E-state index in [4.69, 9.17) is 10.6 Å². The molecular weight excluding hydrogens is 220 g/mol. The number of hydrogen-bond acceptors (Lipinski definition) is 7. The van der Waals surface area contributed by atoms with E-state index < -0.39 is 0 Å². The topological polar surface area (TPSA) is 98.0 Å². The van der Waals surface area contributed by atoms with Gasteiger partial charge in [0.2, 0.25) is 11.9 Å². The lowest BCUT2D eigenvalue weighted by atomic mass is 10.1. The van der Waals surface area contributed by atoms with Crippen LogP contribution in [0.25, 0.3) is 0 Å². The van der Waals surface area contributed by atoms with Gasteiger partial charge in [0.05, 0.1) is 7.11 Å². The van der Waals surface area contributed by atoms with E-state index in [9.17, 15) is 0 Å². The molecule has 1 aromatic rings. The Morgan fingerprint density at radius 2 is 2.00 bits per heavy atom. The number of aromatic nitrogens is 3. The quantitative estimate of drug-likeness (QED) is 0.526. The lowest BCUT2D eigenvalue weighted by Crippen LogP contribution is -2.19. The van der Waals surface area contributed by atoms with E-state index >= 15 is 0 Å². The molecule has 1 aliphatic carbocycles. The number of nitrogen functional groups attached to an aromatic ring is 1. The third kappa shape index (κ3) is 2.94. The van der Waals surface area contributed by atoms with Crippen LogP contribution in [-0.2, 0) is 0 Å². The number of ether oxygens (including phenoxy) is 1. The van der Waals surface area contributed by atoms with Crippen LogP contribution in [0.2, 0.25) is 0 Å². The van der Waals surface area contributed by atoms with Crippen molar-refractivity contribution in [3.63, 3.8) is 0 Å². The van der Waals surface area contributed by atoms with Gasteiger partial charge in [-0.05, 0) is 25.2 Å². The van der Waals surface area contributed by atoms with Crippen molar-refractivity contribution in [2.45, 2.75) is 32.2 Å². The summed E-state index contributed by atoms with van der Waals surface area (Å²) in [4.78, 5) is 12.2. The normalized spacial score (nSPS) is 23.5. The average molecular weight is 238 g/mol. The van der Waals surface area contributed by atoms with Crippen LogP contribution in [0.1, 0.15) is 26.2 Å².